The number of aliphatic hydroxyl groups excluding tert-OH is 2. The average Bonchev–Trinajstić information content (AvgIpc) is 3.18. The molecule has 0 amide bonds. The zero-order chi connectivity index (χ0) is 19.0. The Hall–Kier alpha value is -2.29. The van der Waals surface area contributed by atoms with Crippen LogP contribution in [-0.4, -0.2) is 41.9 Å². The van der Waals surface area contributed by atoms with E-state index in [2.05, 4.69) is 20.3 Å². The lowest BCUT2D eigenvalue weighted by molar-refractivity contribution is 0.0171. The highest BCUT2D eigenvalue weighted by Gasteiger charge is 2.33. The van der Waals surface area contributed by atoms with Crippen LogP contribution in [0, 0.1) is 11.7 Å². The zero-order valence-corrected chi connectivity index (χ0v) is 15.1. The SMILES string of the molecule is O[C@H]1[C@H](Cn2cnc3c(NCc4cccc(F)c4)nc(Cl)nc32)CC[C@H]1O. The van der Waals surface area contributed by atoms with Gasteiger partial charge in [0, 0.05) is 19.0 Å². The van der Waals surface area contributed by atoms with Crippen LogP contribution >= 0.6 is 11.6 Å². The molecule has 3 atom stereocenters. The van der Waals surface area contributed by atoms with Crippen molar-refractivity contribution in [2.45, 2.75) is 38.1 Å². The Kier molecular flexibility index (Phi) is 4.94. The highest BCUT2D eigenvalue weighted by molar-refractivity contribution is 6.28. The van der Waals surface area contributed by atoms with E-state index in [0.29, 0.717) is 36.5 Å². The minimum atomic E-state index is -0.759. The van der Waals surface area contributed by atoms with Crippen LogP contribution in [0.15, 0.2) is 30.6 Å². The molecule has 0 bridgehead atoms. The largest absolute Gasteiger partial charge is 0.390 e. The monoisotopic (exact) mass is 391 g/mol. The quantitative estimate of drug-likeness (QED) is 0.578. The molecule has 9 heteroatoms. The van der Waals surface area contributed by atoms with Crippen molar-refractivity contribution in [3.8, 4) is 0 Å². The topological polar surface area (TPSA) is 96.1 Å². The van der Waals surface area contributed by atoms with E-state index < -0.39 is 12.2 Å². The summed E-state index contributed by atoms with van der Waals surface area (Å²) in [4.78, 5) is 12.8. The van der Waals surface area contributed by atoms with Crippen LogP contribution in [0.3, 0.4) is 0 Å². The number of aromatic nitrogens is 4. The molecule has 142 valence electrons. The van der Waals surface area contributed by atoms with E-state index >= 15 is 0 Å². The van der Waals surface area contributed by atoms with Crippen LogP contribution in [0.25, 0.3) is 11.2 Å². The molecule has 0 saturated heterocycles. The van der Waals surface area contributed by atoms with Gasteiger partial charge >= 0.3 is 0 Å². The third-order valence-corrected chi connectivity index (χ3v) is 5.10. The smallest absolute Gasteiger partial charge is 0.226 e. The van der Waals surface area contributed by atoms with Crippen LogP contribution in [0.1, 0.15) is 18.4 Å². The second-order valence-electron chi connectivity index (χ2n) is 6.79. The van der Waals surface area contributed by atoms with Gasteiger partial charge in [0.2, 0.25) is 5.28 Å². The maximum atomic E-state index is 13.3. The molecule has 0 unspecified atom stereocenters. The number of hydrogen-bond donors (Lipinski definition) is 3. The van der Waals surface area contributed by atoms with Gasteiger partial charge in [0.05, 0.1) is 18.5 Å². The summed E-state index contributed by atoms with van der Waals surface area (Å²) in [5, 5.41) is 23.0. The third kappa shape index (κ3) is 3.73. The summed E-state index contributed by atoms with van der Waals surface area (Å²) in [7, 11) is 0. The predicted octanol–water partition coefficient (Wildman–Crippen LogP) is 2.36. The Labute approximate surface area is 159 Å². The minimum absolute atomic E-state index is 0.0676. The summed E-state index contributed by atoms with van der Waals surface area (Å²) < 4.78 is 15.1. The van der Waals surface area contributed by atoms with E-state index in [0.717, 1.165) is 12.0 Å². The van der Waals surface area contributed by atoms with Crippen molar-refractivity contribution >= 4 is 28.6 Å². The Morgan fingerprint density at radius 3 is 2.85 bits per heavy atom. The highest BCUT2D eigenvalue weighted by atomic mass is 35.5. The molecule has 1 aromatic carbocycles. The fourth-order valence-corrected chi connectivity index (χ4v) is 3.66. The Morgan fingerprint density at radius 1 is 1.26 bits per heavy atom. The zero-order valence-electron chi connectivity index (χ0n) is 14.4. The van der Waals surface area contributed by atoms with Gasteiger partial charge in [-0.05, 0) is 42.1 Å². The van der Waals surface area contributed by atoms with Crippen molar-refractivity contribution in [3.05, 3.63) is 47.3 Å². The van der Waals surface area contributed by atoms with Crippen molar-refractivity contribution in [2.75, 3.05) is 5.32 Å². The molecule has 1 fully saturated rings. The lowest BCUT2D eigenvalue weighted by Gasteiger charge is -2.17. The number of anilines is 1. The lowest BCUT2D eigenvalue weighted by atomic mass is 10.1. The number of aliphatic hydroxyl groups is 2. The van der Waals surface area contributed by atoms with E-state index in [4.69, 9.17) is 11.6 Å². The van der Waals surface area contributed by atoms with Gasteiger partial charge in [0.15, 0.2) is 17.0 Å². The molecule has 27 heavy (non-hydrogen) atoms. The second-order valence-corrected chi connectivity index (χ2v) is 7.13. The van der Waals surface area contributed by atoms with Gasteiger partial charge in [-0.1, -0.05) is 12.1 Å². The van der Waals surface area contributed by atoms with E-state index in [-0.39, 0.29) is 17.0 Å². The summed E-state index contributed by atoms with van der Waals surface area (Å²) in [5.41, 5.74) is 1.86. The molecule has 3 N–H and O–H groups in total. The number of benzene rings is 1. The minimum Gasteiger partial charge on any atom is -0.390 e. The van der Waals surface area contributed by atoms with E-state index in [1.165, 1.54) is 12.1 Å². The number of imidazole rings is 1. The molecule has 1 aliphatic carbocycles. The summed E-state index contributed by atoms with van der Waals surface area (Å²) in [6.07, 6.45) is 1.48. The van der Waals surface area contributed by atoms with Gasteiger partial charge < -0.3 is 20.1 Å². The Bertz CT molecular complexity index is 966. The molecular weight excluding hydrogens is 373 g/mol. The molecule has 2 aromatic heterocycles. The maximum Gasteiger partial charge on any atom is 0.226 e. The maximum absolute atomic E-state index is 13.3. The van der Waals surface area contributed by atoms with Crippen molar-refractivity contribution < 1.29 is 14.6 Å². The standard InChI is InChI=1S/C18H19ClFN5O2/c19-18-23-16(21-7-10-2-1-3-12(20)6-10)14-17(24-18)25(9-22-14)8-11-4-5-13(26)15(11)27/h1-3,6,9,11,13,15,26-27H,4-5,7-8H2,(H,21,23,24)/t11-,13+,15-/m0/s1. The van der Waals surface area contributed by atoms with Gasteiger partial charge in [-0.25, -0.2) is 9.37 Å². The van der Waals surface area contributed by atoms with E-state index in [1.54, 1.807) is 12.4 Å². The first-order chi connectivity index (χ1) is 13.0. The lowest BCUT2D eigenvalue weighted by Crippen LogP contribution is -2.27. The summed E-state index contributed by atoms with van der Waals surface area (Å²) in [6, 6.07) is 6.28. The van der Waals surface area contributed by atoms with Crippen LogP contribution in [-0.2, 0) is 13.1 Å². The number of fused-ring (bicyclic) bond motifs is 1. The fourth-order valence-electron chi connectivity index (χ4n) is 3.50. The summed E-state index contributed by atoms with van der Waals surface area (Å²) in [5.74, 6) is 0.0802. The van der Waals surface area contributed by atoms with E-state index in [1.807, 2.05) is 10.6 Å². The first kappa shape index (κ1) is 18.1. The van der Waals surface area contributed by atoms with Gasteiger partial charge in [0.25, 0.3) is 0 Å². The van der Waals surface area contributed by atoms with Crippen molar-refractivity contribution in [1.29, 1.82) is 0 Å². The fraction of sp³-hybridized carbons (Fsp3) is 0.389. The average molecular weight is 392 g/mol. The molecule has 2 heterocycles. The molecule has 1 saturated carbocycles. The van der Waals surface area contributed by atoms with Crippen LogP contribution in [0.4, 0.5) is 10.2 Å². The van der Waals surface area contributed by atoms with Gasteiger partial charge in [0.1, 0.15) is 5.82 Å². The van der Waals surface area contributed by atoms with Gasteiger partial charge in [-0.2, -0.15) is 9.97 Å². The third-order valence-electron chi connectivity index (χ3n) is 4.93. The van der Waals surface area contributed by atoms with Crippen LogP contribution in [0.5, 0.6) is 0 Å². The first-order valence-corrected chi connectivity index (χ1v) is 9.12. The number of hydrogen-bond acceptors (Lipinski definition) is 6. The molecule has 4 rings (SSSR count). The molecule has 0 spiro atoms. The van der Waals surface area contributed by atoms with Gasteiger partial charge in [-0.3, -0.25) is 0 Å². The second kappa shape index (κ2) is 7.38. The molecular formula is C18H19ClFN5O2. The van der Waals surface area contributed by atoms with E-state index in [9.17, 15) is 14.6 Å². The predicted molar refractivity (Wildman–Crippen MR) is 98.8 cm³/mol. The summed E-state index contributed by atoms with van der Waals surface area (Å²) in [6.45, 7) is 0.839. The van der Waals surface area contributed by atoms with Crippen molar-refractivity contribution in [2.24, 2.45) is 5.92 Å². The summed E-state index contributed by atoms with van der Waals surface area (Å²) >= 11 is 6.08. The van der Waals surface area contributed by atoms with Crippen LogP contribution in [0.2, 0.25) is 5.28 Å². The molecule has 3 aromatic rings. The number of rotatable bonds is 5. The normalized spacial score (nSPS) is 22.4. The van der Waals surface area contributed by atoms with Crippen LogP contribution < -0.4 is 5.32 Å². The highest BCUT2D eigenvalue weighted by Crippen LogP contribution is 2.29. The van der Waals surface area contributed by atoms with Crippen molar-refractivity contribution in [1.82, 2.24) is 19.5 Å². The molecule has 1 aliphatic rings. The number of nitrogens with one attached hydrogen (secondary N) is 1. The number of nitrogens with zero attached hydrogens (tertiary/aromatic N) is 4. The Morgan fingerprint density at radius 2 is 2.11 bits per heavy atom. The molecule has 7 nitrogen and oxygen atoms in total. The van der Waals surface area contributed by atoms with Gasteiger partial charge in [-0.15, -0.1) is 0 Å². The number of halogens is 2. The Balaban J connectivity index is 1.58. The van der Waals surface area contributed by atoms with Crippen molar-refractivity contribution in [3.63, 3.8) is 0 Å². The molecule has 0 radical (unpaired) electrons. The first-order valence-electron chi connectivity index (χ1n) is 8.74. The molecule has 0 aliphatic heterocycles.